The molecule has 2 saturated carbocycles. The Balaban J connectivity index is 0.00000392. The van der Waals surface area contributed by atoms with Crippen LogP contribution in [0.2, 0.25) is 0 Å². The van der Waals surface area contributed by atoms with Gasteiger partial charge in [0.1, 0.15) is 12.1 Å². The molecule has 0 bridgehead atoms. The molecular formula is C32H43N12O5Y-. The van der Waals surface area contributed by atoms with Crippen molar-refractivity contribution < 1.29 is 57.9 Å². The first-order valence-corrected chi connectivity index (χ1v) is 17.2. The molecule has 0 aromatic carbocycles. The zero-order valence-corrected chi connectivity index (χ0v) is 31.2. The molecule has 1 amide bonds. The normalized spacial score (nSPS) is 32.7. The van der Waals surface area contributed by atoms with Crippen molar-refractivity contribution >= 4 is 45.9 Å². The predicted molar refractivity (Wildman–Crippen MR) is 178 cm³/mol. The van der Waals surface area contributed by atoms with E-state index in [1.54, 1.807) is 12.7 Å². The maximum Gasteiger partial charge on any atom is 0.229 e. The summed E-state index contributed by atoms with van der Waals surface area (Å²) in [5, 5.41) is 49.1. The summed E-state index contributed by atoms with van der Waals surface area (Å²) in [5.41, 5.74) is 2.21. The van der Waals surface area contributed by atoms with E-state index in [0.717, 1.165) is 12.8 Å². The standard InChI is InChI=1S/C32H43N12O5.Y/c1-15-8-21(26(48)24(15)46)43-13-34-20-10-33-31(39-29(20)43)41-6-5-19(12-41)37-28-23-30(44(14-35-23)22-9-16(2)25(47)27(22)49)40-32(38-28)42-7-4-18(11-42)36-17(3)45;/h13-16,18-19,21-22,24-27,46-49H,4-9,11-12H2,1-3H3,(H,36,45)(H,37,38,40);/q-1;/t15-,16-,18+,19-,21+,22+,24-,25-,26+,27+;/m0./s1. The van der Waals surface area contributed by atoms with Gasteiger partial charge in [0.25, 0.3) is 0 Å². The summed E-state index contributed by atoms with van der Waals surface area (Å²) in [6, 6.07) is -0.760. The molecule has 4 aliphatic rings. The summed E-state index contributed by atoms with van der Waals surface area (Å²) >= 11 is 0. The van der Waals surface area contributed by atoms with E-state index < -0.39 is 24.4 Å². The first-order chi connectivity index (χ1) is 23.5. The van der Waals surface area contributed by atoms with Crippen LogP contribution in [0.3, 0.4) is 0 Å². The molecule has 0 spiro atoms. The fraction of sp³-hybridized carbons (Fsp3) is 0.656. The summed E-state index contributed by atoms with van der Waals surface area (Å²) < 4.78 is 3.68. The average Bonchev–Trinajstić information content (AvgIpc) is 3.94. The number of aliphatic hydroxyl groups excluding tert-OH is 4. The molecule has 4 fully saturated rings. The predicted octanol–water partition coefficient (Wildman–Crippen LogP) is -0.225. The fourth-order valence-corrected chi connectivity index (χ4v) is 8.15. The Hall–Kier alpha value is -3.09. The molecule has 2 saturated heterocycles. The summed E-state index contributed by atoms with van der Waals surface area (Å²) in [6.45, 7) is 7.86. The van der Waals surface area contributed by atoms with Crippen LogP contribution in [0.1, 0.15) is 58.5 Å². The summed E-state index contributed by atoms with van der Waals surface area (Å²) in [6.07, 6.45) is 5.54. The van der Waals surface area contributed by atoms with Gasteiger partial charge in [-0.3, -0.25) is 9.78 Å². The Kier molecular flexibility index (Phi) is 9.75. The van der Waals surface area contributed by atoms with E-state index >= 15 is 0 Å². The molecule has 0 unspecified atom stereocenters. The number of aromatic nitrogens is 8. The van der Waals surface area contributed by atoms with Gasteiger partial charge in [-0.05, 0) is 43.7 Å². The van der Waals surface area contributed by atoms with E-state index in [-0.39, 0.29) is 74.6 Å². The summed E-state index contributed by atoms with van der Waals surface area (Å²) in [5.74, 6) is 1.38. The molecular weight excluding hydrogens is 721 g/mol. The van der Waals surface area contributed by atoms with Crippen LogP contribution < -0.4 is 20.4 Å². The molecule has 1 radical (unpaired) electrons. The maximum absolute atomic E-state index is 11.7. The third-order valence-electron chi connectivity index (χ3n) is 10.9. The Labute approximate surface area is 313 Å². The minimum absolute atomic E-state index is 0. The zero-order chi connectivity index (χ0) is 34.1. The number of imidazole rings is 2. The van der Waals surface area contributed by atoms with E-state index in [0.29, 0.717) is 79.1 Å². The Morgan fingerprint density at radius 1 is 0.800 bits per heavy atom. The van der Waals surface area contributed by atoms with Crippen LogP contribution in [0.4, 0.5) is 17.7 Å². The van der Waals surface area contributed by atoms with Gasteiger partial charge in [0.2, 0.25) is 11.9 Å². The number of carbonyl (C=O) groups is 1. The topological polar surface area (TPSA) is 216 Å². The second-order valence-corrected chi connectivity index (χ2v) is 14.4. The molecule has 6 N–H and O–H groups in total. The van der Waals surface area contributed by atoms with Crippen molar-refractivity contribution in [3.8, 4) is 0 Å². The first kappa shape index (κ1) is 35.3. The van der Waals surface area contributed by atoms with Gasteiger partial charge in [-0.1, -0.05) is 13.8 Å². The van der Waals surface area contributed by atoms with E-state index in [1.165, 1.54) is 6.92 Å². The number of hydrogen-bond donors (Lipinski definition) is 6. The van der Waals surface area contributed by atoms with Crippen molar-refractivity contribution in [2.45, 2.75) is 95.0 Å². The molecule has 6 heterocycles. The summed E-state index contributed by atoms with van der Waals surface area (Å²) in [7, 11) is 0. The van der Waals surface area contributed by atoms with Gasteiger partial charge >= 0.3 is 0 Å². The van der Waals surface area contributed by atoms with E-state index in [4.69, 9.17) is 19.9 Å². The van der Waals surface area contributed by atoms with Crippen LogP contribution in [-0.4, -0.2) is 128 Å². The number of anilines is 3. The molecule has 2 aliphatic carbocycles. The SMILES string of the molecule is CC(=O)N[C@@H]1CCN(c2nc(N[C@H]3CCN(c4n[c-]c5ncn([C@@H]6C[C@H](C)[C@H](O)[C@@H]6O)c5n4)C3)c3ncn([C@@H]4C[C@H](C)[C@H](O)[C@@H]4O)c3n2)C1.[Y]. The van der Waals surface area contributed by atoms with Crippen molar-refractivity contribution in [2.24, 2.45) is 11.8 Å². The third-order valence-corrected chi connectivity index (χ3v) is 10.9. The van der Waals surface area contributed by atoms with Crippen molar-refractivity contribution in [2.75, 3.05) is 41.3 Å². The fourth-order valence-electron chi connectivity index (χ4n) is 8.15. The second kappa shape index (κ2) is 13.8. The van der Waals surface area contributed by atoms with Crippen molar-refractivity contribution in [1.82, 2.24) is 44.4 Å². The molecule has 18 heteroatoms. The number of aliphatic hydroxyl groups is 4. The number of nitrogens with zero attached hydrogens (tertiary/aromatic N) is 10. The van der Waals surface area contributed by atoms with Crippen LogP contribution in [0, 0.1) is 18.0 Å². The smallest absolute Gasteiger partial charge is 0.229 e. The molecule has 2 aliphatic heterocycles. The zero-order valence-electron chi connectivity index (χ0n) is 28.3. The van der Waals surface area contributed by atoms with E-state index in [1.807, 2.05) is 23.0 Å². The van der Waals surface area contributed by atoms with Crippen molar-refractivity contribution in [3.05, 3.63) is 18.9 Å². The van der Waals surface area contributed by atoms with Gasteiger partial charge in [0.05, 0.1) is 43.1 Å². The molecule has 50 heavy (non-hydrogen) atoms. The van der Waals surface area contributed by atoms with Crippen molar-refractivity contribution in [1.29, 1.82) is 0 Å². The molecule has 265 valence electrons. The van der Waals surface area contributed by atoms with E-state index in [9.17, 15) is 25.2 Å². The van der Waals surface area contributed by atoms with Crippen LogP contribution in [-0.2, 0) is 37.5 Å². The minimum atomic E-state index is -0.947. The number of fused-ring (bicyclic) bond motifs is 2. The Morgan fingerprint density at radius 2 is 1.38 bits per heavy atom. The van der Waals surface area contributed by atoms with Gasteiger partial charge < -0.3 is 60.0 Å². The number of carbonyl (C=O) groups excluding carboxylic acids is 1. The van der Waals surface area contributed by atoms with Crippen LogP contribution in [0.5, 0.6) is 0 Å². The van der Waals surface area contributed by atoms with Gasteiger partial charge in [0.15, 0.2) is 17.0 Å². The first-order valence-electron chi connectivity index (χ1n) is 17.2. The number of rotatable bonds is 7. The monoisotopic (exact) mass is 764 g/mol. The Bertz CT molecular complexity index is 1870. The number of hydrogen-bond acceptors (Lipinski definition) is 14. The largest absolute Gasteiger partial charge is 0.392 e. The van der Waals surface area contributed by atoms with Crippen molar-refractivity contribution in [3.63, 3.8) is 0 Å². The Morgan fingerprint density at radius 3 is 2.02 bits per heavy atom. The molecule has 17 nitrogen and oxygen atoms in total. The third kappa shape index (κ3) is 6.23. The van der Waals surface area contributed by atoms with Gasteiger partial charge in [0, 0.05) is 89.1 Å². The van der Waals surface area contributed by atoms with Crippen LogP contribution in [0.25, 0.3) is 22.3 Å². The quantitative estimate of drug-likeness (QED) is 0.134. The number of amides is 1. The van der Waals surface area contributed by atoms with E-state index in [2.05, 4.69) is 36.6 Å². The van der Waals surface area contributed by atoms with Crippen LogP contribution in [0.15, 0.2) is 12.7 Å². The molecule has 4 aromatic heterocycles. The molecule has 10 atom stereocenters. The second-order valence-electron chi connectivity index (χ2n) is 14.4. The van der Waals surface area contributed by atoms with Crippen LogP contribution >= 0.6 is 0 Å². The van der Waals surface area contributed by atoms with Gasteiger partial charge in [-0.2, -0.15) is 9.97 Å². The molecule has 8 rings (SSSR count). The summed E-state index contributed by atoms with van der Waals surface area (Å²) in [4.78, 5) is 44.2. The van der Waals surface area contributed by atoms with Gasteiger partial charge in [-0.15, -0.1) is 0 Å². The minimum Gasteiger partial charge on any atom is -0.392 e. The molecule has 4 aromatic rings. The maximum atomic E-state index is 11.7. The number of nitrogens with one attached hydrogen (secondary N) is 2. The van der Waals surface area contributed by atoms with Gasteiger partial charge in [-0.25, -0.2) is 4.98 Å². The average molecular weight is 765 g/mol.